The molecule has 0 atom stereocenters. The maximum atomic E-state index is 12.3. The fourth-order valence-electron chi connectivity index (χ4n) is 2.75. The fraction of sp³-hybridized carbons (Fsp3) is 0.136. The number of phenolic OH excluding ortho intramolecular Hbond substituents is 1. The Morgan fingerprint density at radius 3 is 2.38 bits per heavy atom. The lowest BCUT2D eigenvalue weighted by molar-refractivity contribution is -0.120. The monoisotopic (exact) mass is 409 g/mol. The Balaban J connectivity index is 1.56. The van der Waals surface area contributed by atoms with E-state index in [2.05, 4.69) is 15.8 Å². The minimum atomic E-state index is -0.547. The first-order valence-corrected chi connectivity index (χ1v) is 9.36. The van der Waals surface area contributed by atoms with Gasteiger partial charge in [-0.1, -0.05) is 48.0 Å². The van der Waals surface area contributed by atoms with Crippen LogP contribution in [0.5, 0.6) is 5.75 Å². The van der Waals surface area contributed by atoms with E-state index in [1.54, 1.807) is 25.1 Å². The highest BCUT2D eigenvalue weighted by molar-refractivity contribution is 6.30. The molecule has 0 saturated heterocycles. The largest absolute Gasteiger partial charge is 0.507 e. The highest BCUT2D eigenvalue weighted by atomic mass is 35.5. The van der Waals surface area contributed by atoms with Crippen molar-refractivity contribution in [3.8, 4) is 5.75 Å². The third kappa shape index (κ3) is 5.56. The number of hydrazone groups is 1. The second kappa shape index (κ2) is 9.21. The van der Waals surface area contributed by atoms with Crippen LogP contribution in [0.25, 0.3) is 10.8 Å². The van der Waals surface area contributed by atoms with Gasteiger partial charge in [-0.3, -0.25) is 9.59 Å². The van der Waals surface area contributed by atoms with Gasteiger partial charge in [0.15, 0.2) is 0 Å². The zero-order valence-electron chi connectivity index (χ0n) is 15.8. The van der Waals surface area contributed by atoms with Gasteiger partial charge < -0.3 is 10.4 Å². The molecule has 0 fully saturated rings. The lowest BCUT2D eigenvalue weighted by Crippen LogP contribution is -2.26. The van der Waals surface area contributed by atoms with Crippen LogP contribution in [-0.4, -0.2) is 22.6 Å². The second-order valence-electron chi connectivity index (χ2n) is 6.58. The summed E-state index contributed by atoms with van der Waals surface area (Å²) in [4.78, 5) is 24.4. The number of hydrogen-bond acceptors (Lipinski definition) is 4. The molecule has 3 aromatic rings. The molecule has 0 aliphatic carbocycles. The Morgan fingerprint density at radius 1 is 1.03 bits per heavy atom. The molecule has 0 aliphatic rings. The van der Waals surface area contributed by atoms with E-state index in [4.69, 9.17) is 11.6 Å². The van der Waals surface area contributed by atoms with Crippen LogP contribution < -0.4 is 10.7 Å². The molecule has 0 unspecified atom stereocenters. The number of carbonyl (C=O) groups is 2. The standard InChI is InChI=1S/C22H20ClN3O3/c1-14(10-21(28)24-13-15-6-8-18(23)9-7-15)25-26-22(29)19-11-16-4-2-3-5-17(16)12-20(19)27/h2-9,11-12,27H,10,13H2,1H3,(H,24,28)(H,26,29)/b25-14+. The minimum Gasteiger partial charge on any atom is -0.507 e. The van der Waals surface area contributed by atoms with Crippen molar-refractivity contribution in [2.45, 2.75) is 19.9 Å². The van der Waals surface area contributed by atoms with Crippen LogP contribution in [0.1, 0.15) is 29.3 Å². The third-order valence-corrected chi connectivity index (χ3v) is 4.53. The van der Waals surface area contributed by atoms with E-state index in [0.717, 1.165) is 16.3 Å². The number of nitrogens with zero attached hydrogens (tertiary/aromatic N) is 1. The number of halogens is 1. The average Bonchev–Trinajstić information content (AvgIpc) is 2.71. The van der Waals surface area contributed by atoms with Crippen molar-refractivity contribution in [3.05, 3.63) is 76.8 Å². The molecule has 3 aromatic carbocycles. The minimum absolute atomic E-state index is 0.0393. The molecule has 0 radical (unpaired) electrons. The maximum Gasteiger partial charge on any atom is 0.275 e. The van der Waals surface area contributed by atoms with Crippen molar-refractivity contribution < 1.29 is 14.7 Å². The summed E-state index contributed by atoms with van der Waals surface area (Å²) in [6.07, 6.45) is 0.0393. The number of rotatable bonds is 6. The van der Waals surface area contributed by atoms with Gasteiger partial charge in [0.1, 0.15) is 5.75 Å². The Bertz CT molecular complexity index is 1080. The molecule has 6 nitrogen and oxygen atoms in total. The zero-order valence-corrected chi connectivity index (χ0v) is 16.5. The van der Waals surface area contributed by atoms with Gasteiger partial charge in [0, 0.05) is 17.3 Å². The van der Waals surface area contributed by atoms with Crippen LogP contribution in [0.4, 0.5) is 0 Å². The van der Waals surface area contributed by atoms with E-state index in [1.165, 1.54) is 6.07 Å². The fourth-order valence-corrected chi connectivity index (χ4v) is 2.88. The normalized spacial score (nSPS) is 11.3. The van der Waals surface area contributed by atoms with Gasteiger partial charge in [-0.25, -0.2) is 5.43 Å². The maximum absolute atomic E-state index is 12.3. The van der Waals surface area contributed by atoms with E-state index in [1.807, 2.05) is 36.4 Å². The lowest BCUT2D eigenvalue weighted by Gasteiger charge is -2.07. The molecular weight excluding hydrogens is 390 g/mol. The van der Waals surface area contributed by atoms with Crippen molar-refractivity contribution in [3.63, 3.8) is 0 Å². The Labute approximate surface area is 173 Å². The van der Waals surface area contributed by atoms with Crippen LogP contribution in [0.15, 0.2) is 65.8 Å². The highest BCUT2D eigenvalue weighted by Crippen LogP contribution is 2.24. The number of fused-ring (bicyclic) bond motifs is 1. The van der Waals surface area contributed by atoms with Gasteiger partial charge in [-0.2, -0.15) is 5.10 Å². The van der Waals surface area contributed by atoms with Gasteiger partial charge in [0.05, 0.1) is 12.0 Å². The van der Waals surface area contributed by atoms with E-state index in [0.29, 0.717) is 17.3 Å². The first-order chi connectivity index (χ1) is 13.9. The molecule has 0 aliphatic heterocycles. The molecule has 0 aromatic heterocycles. The van der Waals surface area contributed by atoms with Crippen LogP contribution in [0.3, 0.4) is 0 Å². The number of benzene rings is 3. The molecule has 7 heteroatoms. The summed E-state index contributed by atoms with van der Waals surface area (Å²) >= 11 is 5.83. The summed E-state index contributed by atoms with van der Waals surface area (Å²) in [6.45, 7) is 2.02. The van der Waals surface area contributed by atoms with Crippen molar-refractivity contribution in [1.82, 2.24) is 10.7 Å². The van der Waals surface area contributed by atoms with E-state index in [9.17, 15) is 14.7 Å². The van der Waals surface area contributed by atoms with E-state index in [-0.39, 0.29) is 23.6 Å². The molecular formula is C22H20ClN3O3. The molecule has 0 heterocycles. The first kappa shape index (κ1) is 20.4. The summed E-state index contributed by atoms with van der Waals surface area (Å²) in [7, 11) is 0. The Morgan fingerprint density at radius 2 is 1.69 bits per heavy atom. The zero-order chi connectivity index (χ0) is 20.8. The van der Waals surface area contributed by atoms with Crippen LogP contribution in [-0.2, 0) is 11.3 Å². The summed E-state index contributed by atoms with van der Waals surface area (Å²) < 4.78 is 0. The van der Waals surface area contributed by atoms with Gasteiger partial charge in [0.25, 0.3) is 5.91 Å². The SMILES string of the molecule is C/C(CC(=O)NCc1ccc(Cl)cc1)=N\NC(=O)c1cc2ccccc2cc1O. The second-order valence-corrected chi connectivity index (χ2v) is 7.02. The Hall–Kier alpha value is -3.38. The van der Waals surface area contributed by atoms with Crippen molar-refractivity contribution in [1.29, 1.82) is 0 Å². The number of nitrogens with one attached hydrogen (secondary N) is 2. The predicted octanol–water partition coefficient (Wildman–Crippen LogP) is 4.01. The third-order valence-electron chi connectivity index (χ3n) is 4.28. The lowest BCUT2D eigenvalue weighted by atomic mass is 10.1. The van der Waals surface area contributed by atoms with Gasteiger partial charge in [-0.15, -0.1) is 0 Å². The molecule has 148 valence electrons. The molecule has 0 spiro atoms. The number of phenols is 1. The average molecular weight is 410 g/mol. The number of aromatic hydroxyl groups is 1. The highest BCUT2D eigenvalue weighted by Gasteiger charge is 2.12. The molecule has 2 amide bonds. The van der Waals surface area contributed by atoms with Crippen molar-refractivity contribution in [2.24, 2.45) is 5.10 Å². The number of amides is 2. The van der Waals surface area contributed by atoms with Crippen LogP contribution >= 0.6 is 11.6 Å². The number of carbonyl (C=O) groups excluding carboxylic acids is 2. The molecule has 0 saturated carbocycles. The van der Waals surface area contributed by atoms with Crippen molar-refractivity contribution in [2.75, 3.05) is 0 Å². The van der Waals surface area contributed by atoms with Gasteiger partial charge in [0.2, 0.25) is 5.91 Å². The topological polar surface area (TPSA) is 90.8 Å². The summed E-state index contributed by atoms with van der Waals surface area (Å²) in [5, 5.41) is 19.1. The molecule has 3 N–H and O–H groups in total. The van der Waals surface area contributed by atoms with E-state index < -0.39 is 5.91 Å². The quantitative estimate of drug-likeness (QED) is 0.424. The van der Waals surface area contributed by atoms with Gasteiger partial charge in [-0.05, 0) is 47.5 Å². The van der Waals surface area contributed by atoms with Crippen molar-refractivity contribution >= 4 is 39.9 Å². The Kier molecular flexibility index (Phi) is 6.46. The van der Waals surface area contributed by atoms with E-state index >= 15 is 0 Å². The summed E-state index contributed by atoms with van der Waals surface area (Å²) in [6, 6.07) is 17.7. The molecule has 29 heavy (non-hydrogen) atoms. The first-order valence-electron chi connectivity index (χ1n) is 8.99. The smallest absolute Gasteiger partial charge is 0.275 e. The van der Waals surface area contributed by atoms with Crippen LogP contribution in [0, 0.1) is 0 Å². The number of hydrogen-bond donors (Lipinski definition) is 3. The van der Waals surface area contributed by atoms with Gasteiger partial charge >= 0.3 is 0 Å². The molecule has 0 bridgehead atoms. The predicted molar refractivity (Wildman–Crippen MR) is 114 cm³/mol. The molecule has 3 rings (SSSR count). The summed E-state index contributed by atoms with van der Waals surface area (Å²) in [5.41, 5.74) is 3.87. The van der Waals surface area contributed by atoms with Crippen LogP contribution in [0.2, 0.25) is 5.02 Å². The summed E-state index contributed by atoms with van der Waals surface area (Å²) in [5.74, 6) is -0.895.